The van der Waals surface area contributed by atoms with Crippen molar-refractivity contribution in [2.75, 3.05) is 0 Å². The van der Waals surface area contributed by atoms with E-state index in [0.717, 1.165) is 5.22 Å². The summed E-state index contributed by atoms with van der Waals surface area (Å²) in [5.41, 5.74) is 2.40. The zero-order chi connectivity index (χ0) is 12.3. The Hall–Kier alpha value is -2.52. The Balaban J connectivity index is 2.48. The number of benzene rings is 1. The molecule has 1 aromatic rings. The number of carbonyl (C=O) groups excluding carboxylic acids is 2. The predicted molar refractivity (Wildman–Crippen MR) is 61.5 cm³/mol. The SMILES string of the molecule is CC(=O)NN=C=C1C=c2ccccc2=NC1=O. The highest BCUT2D eigenvalue weighted by atomic mass is 16.2. The Morgan fingerprint density at radius 2 is 2.18 bits per heavy atom. The van der Waals surface area contributed by atoms with Crippen LogP contribution in [-0.2, 0) is 9.59 Å². The first-order valence-electron chi connectivity index (χ1n) is 4.96. The highest BCUT2D eigenvalue weighted by Crippen LogP contribution is 1.96. The number of amides is 2. The minimum atomic E-state index is -0.419. The third-order valence-corrected chi connectivity index (χ3v) is 2.08. The molecule has 84 valence electrons. The van der Waals surface area contributed by atoms with Crippen LogP contribution in [0.15, 0.2) is 39.9 Å². The van der Waals surface area contributed by atoms with Gasteiger partial charge in [-0.15, -0.1) is 5.10 Å². The molecule has 1 N–H and O–H groups in total. The van der Waals surface area contributed by atoms with Gasteiger partial charge < -0.3 is 0 Å². The van der Waals surface area contributed by atoms with Gasteiger partial charge in [0, 0.05) is 18.0 Å². The van der Waals surface area contributed by atoms with E-state index in [2.05, 4.69) is 21.4 Å². The van der Waals surface area contributed by atoms with Gasteiger partial charge in [0.15, 0.2) is 0 Å². The van der Waals surface area contributed by atoms with E-state index in [0.29, 0.717) is 5.36 Å². The lowest BCUT2D eigenvalue weighted by Crippen LogP contribution is -2.30. The van der Waals surface area contributed by atoms with Crippen molar-refractivity contribution in [2.24, 2.45) is 10.1 Å². The zero-order valence-corrected chi connectivity index (χ0v) is 9.10. The smallest absolute Gasteiger partial charge is 0.274 e. The normalized spacial score (nSPS) is 12.8. The maximum atomic E-state index is 11.6. The van der Waals surface area contributed by atoms with Gasteiger partial charge in [-0.05, 0) is 12.1 Å². The van der Waals surface area contributed by atoms with Crippen molar-refractivity contribution in [1.29, 1.82) is 0 Å². The highest BCUT2D eigenvalue weighted by Gasteiger charge is 2.09. The van der Waals surface area contributed by atoms with E-state index in [1.807, 2.05) is 18.2 Å². The summed E-state index contributed by atoms with van der Waals surface area (Å²) < 4.78 is 0. The second-order valence-electron chi connectivity index (χ2n) is 3.43. The van der Waals surface area contributed by atoms with Crippen LogP contribution in [-0.4, -0.2) is 17.7 Å². The molecule has 5 nitrogen and oxygen atoms in total. The predicted octanol–water partition coefficient (Wildman–Crippen LogP) is -0.726. The zero-order valence-electron chi connectivity index (χ0n) is 9.10. The summed E-state index contributed by atoms with van der Waals surface area (Å²) >= 11 is 0. The molecular formula is C12H9N3O2. The van der Waals surface area contributed by atoms with Gasteiger partial charge in [0.2, 0.25) is 5.91 Å². The molecule has 0 spiro atoms. The van der Waals surface area contributed by atoms with Crippen molar-refractivity contribution in [3.05, 3.63) is 40.4 Å². The van der Waals surface area contributed by atoms with Crippen molar-refractivity contribution in [3.8, 4) is 0 Å². The van der Waals surface area contributed by atoms with E-state index in [4.69, 9.17) is 0 Å². The van der Waals surface area contributed by atoms with Crippen LogP contribution in [0.4, 0.5) is 0 Å². The second-order valence-corrected chi connectivity index (χ2v) is 3.43. The van der Waals surface area contributed by atoms with Crippen LogP contribution in [0, 0.1) is 0 Å². The third-order valence-electron chi connectivity index (χ3n) is 2.08. The molecule has 0 atom stereocenters. The fourth-order valence-corrected chi connectivity index (χ4v) is 1.35. The fourth-order valence-electron chi connectivity index (χ4n) is 1.35. The van der Waals surface area contributed by atoms with Crippen LogP contribution in [0.5, 0.6) is 0 Å². The number of rotatable bonds is 1. The molecular weight excluding hydrogens is 218 g/mol. The lowest BCUT2D eigenvalue weighted by atomic mass is 10.1. The average Bonchev–Trinajstić information content (AvgIpc) is 2.29. The van der Waals surface area contributed by atoms with Crippen LogP contribution in [0.2, 0.25) is 0 Å². The molecule has 1 aliphatic heterocycles. The van der Waals surface area contributed by atoms with Gasteiger partial charge in [-0.3, -0.25) is 9.59 Å². The van der Waals surface area contributed by atoms with Crippen molar-refractivity contribution < 1.29 is 9.59 Å². The molecule has 2 amide bonds. The van der Waals surface area contributed by atoms with Gasteiger partial charge in [-0.2, -0.15) is 0 Å². The summed E-state index contributed by atoms with van der Waals surface area (Å²) in [6, 6.07) is 7.25. The summed E-state index contributed by atoms with van der Waals surface area (Å²) in [6.45, 7) is 1.32. The molecule has 0 aromatic heterocycles. The van der Waals surface area contributed by atoms with Gasteiger partial charge in [-0.1, -0.05) is 18.2 Å². The molecule has 1 aromatic carbocycles. The van der Waals surface area contributed by atoms with Crippen molar-refractivity contribution >= 4 is 23.8 Å². The van der Waals surface area contributed by atoms with E-state index >= 15 is 0 Å². The van der Waals surface area contributed by atoms with E-state index in [-0.39, 0.29) is 11.5 Å². The molecule has 0 saturated carbocycles. The van der Waals surface area contributed by atoms with Crippen LogP contribution in [0.1, 0.15) is 6.92 Å². The van der Waals surface area contributed by atoms with Crippen LogP contribution >= 0.6 is 0 Å². The van der Waals surface area contributed by atoms with Gasteiger partial charge >= 0.3 is 0 Å². The van der Waals surface area contributed by atoms with E-state index < -0.39 is 5.91 Å². The van der Waals surface area contributed by atoms with E-state index in [1.54, 1.807) is 12.1 Å². The number of carbonyl (C=O) groups is 2. The monoisotopic (exact) mass is 227 g/mol. The Bertz CT molecular complexity index is 667. The lowest BCUT2D eigenvalue weighted by Gasteiger charge is -1.98. The molecule has 0 saturated heterocycles. The number of hydrazone groups is 1. The molecule has 1 heterocycles. The van der Waals surface area contributed by atoms with Crippen molar-refractivity contribution in [3.63, 3.8) is 0 Å². The summed E-state index contributed by atoms with van der Waals surface area (Å²) in [6.07, 6.45) is 1.63. The van der Waals surface area contributed by atoms with Crippen molar-refractivity contribution in [2.45, 2.75) is 6.92 Å². The summed E-state index contributed by atoms with van der Waals surface area (Å²) in [5, 5.41) is 4.97. The van der Waals surface area contributed by atoms with Gasteiger partial charge in [-0.25, -0.2) is 10.4 Å². The second kappa shape index (κ2) is 4.55. The number of fused-ring (bicyclic) bond motifs is 1. The number of hydrogen-bond acceptors (Lipinski definition) is 3. The maximum absolute atomic E-state index is 11.6. The Morgan fingerprint density at radius 3 is 2.94 bits per heavy atom. The quantitative estimate of drug-likeness (QED) is 0.390. The largest absolute Gasteiger partial charge is 0.287 e. The number of para-hydroxylation sites is 1. The van der Waals surface area contributed by atoms with Crippen LogP contribution < -0.4 is 16.0 Å². The summed E-state index contributed by atoms with van der Waals surface area (Å²) in [7, 11) is 0. The fraction of sp³-hybridized carbons (Fsp3) is 0.0833. The standard InChI is InChI=1S/C12H9N3O2/c1-8(16)15-13-7-10-6-9-4-2-3-5-11(9)14-12(10)17/h2-6H,1H3,(H,15,16). The molecule has 2 rings (SSSR count). The summed E-state index contributed by atoms with van der Waals surface area (Å²) in [4.78, 5) is 26.0. The molecule has 0 radical (unpaired) electrons. The van der Waals surface area contributed by atoms with Gasteiger partial charge in [0.1, 0.15) is 5.57 Å². The summed E-state index contributed by atoms with van der Waals surface area (Å²) in [5.74, 6) is 1.72. The minimum Gasteiger partial charge on any atom is -0.274 e. The highest BCUT2D eigenvalue weighted by molar-refractivity contribution is 6.10. The Morgan fingerprint density at radius 1 is 1.41 bits per heavy atom. The van der Waals surface area contributed by atoms with Gasteiger partial charge in [0.05, 0.1) is 5.36 Å². The molecule has 17 heavy (non-hydrogen) atoms. The van der Waals surface area contributed by atoms with Gasteiger partial charge in [0.25, 0.3) is 5.91 Å². The van der Waals surface area contributed by atoms with E-state index in [1.165, 1.54) is 6.92 Å². The first kappa shape index (κ1) is 11.0. The molecule has 1 aliphatic rings. The molecule has 0 fully saturated rings. The maximum Gasteiger partial charge on any atom is 0.287 e. The molecule has 5 heteroatoms. The van der Waals surface area contributed by atoms with E-state index in [9.17, 15) is 9.59 Å². The van der Waals surface area contributed by atoms with Crippen LogP contribution in [0.25, 0.3) is 6.08 Å². The number of nitrogens with one attached hydrogen (secondary N) is 1. The Labute approximate surface area is 96.9 Å². The molecule has 0 bridgehead atoms. The minimum absolute atomic E-state index is 0.220. The third kappa shape index (κ3) is 2.53. The first-order chi connectivity index (χ1) is 8.16. The number of nitrogens with zero attached hydrogens (tertiary/aromatic N) is 2. The van der Waals surface area contributed by atoms with Crippen molar-refractivity contribution in [1.82, 2.24) is 5.43 Å². The first-order valence-corrected chi connectivity index (χ1v) is 4.96. The topological polar surface area (TPSA) is 70.9 Å². The lowest BCUT2D eigenvalue weighted by molar-refractivity contribution is -0.119. The Kier molecular flexibility index (Phi) is 2.94. The molecule has 0 unspecified atom stereocenters. The number of hydrogen-bond donors (Lipinski definition) is 1. The van der Waals surface area contributed by atoms with Crippen LogP contribution in [0.3, 0.4) is 0 Å². The average molecular weight is 227 g/mol. The molecule has 0 aliphatic carbocycles.